The monoisotopic (exact) mass is 244 g/mol. The Morgan fingerprint density at radius 2 is 2.06 bits per heavy atom. The van der Waals surface area contributed by atoms with Gasteiger partial charge in [0.1, 0.15) is 0 Å². The first-order valence-electron chi connectivity index (χ1n) is 6.40. The van der Waals surface area contributed by atoms with Gasteiger partial charge in [0.25, 0.3) is 0 Å². The third-order valence-electron chi connectivity index (χ3n) is 3.12. The number of aromatic nitrogens is 2. The van der Waals surface area contributed by atoms with Crippen LogP contribution in [0.4, 0.5) is 0 Å². The van der Waals surface area contributed by atoms with Gasteiger partial charge in [-0.1, -0.05) is 37.6 Å². The van der Waals surface area contributed by atoms with Crippen LogP contribution in [0.3, 0.4) is 0 Å². The molecule has 1 unspecified atom stereocenters. The predicted octanol–water partition coefficient (Wildman–Crippen LogP) is 3.42. The van der Waals surface area contributed by atoms with Gasteiger partial charge in [-0.05, 0) is 17.5 Å². The third-order valence-corrected chi connectivity index (χ3v) is 3.12. The first kappa shape index (κ1) is 12.8. The van der Waals surface area contributed by atoms with Crippen LogP contribution in [0.5, 0.6) is 0 Å². The number of rotatable bonds is 6. The molecule has 18 heavy (non-hydrogen) atoms. The molecule has 0 aliphatic carbocycles. The Morgan fingerprint density at radius 1 is 1.28 bits per heavy atom. The summed E-state index contributed by atoms with van der Waals surface area (Å²) in [6, 6.07) is 9.04. The Kier molecular flexibility index (Phi) is 4.53. The second kappa shape index (κ2) is 6.36. The molecular formula is C15H20N2O. The van der Waals surface area contributed by atoms with Gasteiger partial charge in [-0.25, -0.2) is 4.98 Å². The fourth-order valence-electron chi connectivity index (χ4n) is 2.22. The van der Waals surface area contributed by atoms with Crippen LogP contribution in [0, 0.1) is 0 Å². The molecule has 1 atom stereocenters. The standard InChI is InChI=1S/C15H20N2O/c1-3-4-15(17-10-9-16-12-17)14-7-5-13(6-8-14)11-18-2/h5-10,12,15H,3-4,11H2,1-2H3. The number of nitrogens with zero attached hydrogens (tertiary/aromatic N) is 2. The lowest BCUT2D eigenvalue weighted by Crippen LogP contribution is -2.08. The van der Waals surface area contributed by atoms with Crippen molar-refractivity contribution in [2.75, 3.05) is 7.11 Å². The van der Waals surface area contributed by atoms with E-state index >= 15 is 0 Å². The first-order valence-corrected chi connectivity index (χ1v) is 6.40. The van der Waals surface area contributed by atoms with Crippen LogP contribution in [0.1, 0.15) is 36.9 Å². The normalized spacial score (nSPS) is 12.6. The van der Waals surface area contributed by atoms with Crippen molar-refractivity contribution in [2.45, 2.75) is 32.4 Å². The molecule has 1 aromatic heterocycles. The maximum absolute atomic E-state index is 5.13. The molecule has 0 aliphatic heterocycles. The molecule has 0 spiro atoms. The highest BCUT2D eigenvalue weighted by Gasteiger charge is 2.11. The average molecular weight is 244 g/mol. The number of imidazole rings is 1. The summed E-state index contributed by atoms with van der Waals surface area (Å²) in [6.45, 7) is 2.88. The second-order valence-electron chi connectivity index (χ2n) is 4.49. The Balaban J connectivity index is 2.20. The van der Waals surface area contributed by atoms with E-state index in [0.717, 1.165) is 12.8 Å². The molecule has 0 amide bonds. The Hall–Kier alpha value is -1.61. The molecule has 0 aliphatic rings. The van der Waals surface area contributed by atoms with Gasteiger partial charge in [0.05, 0.1) is 19.0 Å². The molecule has 2 aromatic rings. The van der Waals surface area contributed by atoms with Crippen molar-refractivity contribution in [1.82, 2.24) is 9.55 Å². The Labute approximate surface area is 108 Å². The van der Waals surface area contributed by atoms with Crippen LogP contribution < -0.4 is 0 Å². The average Bonchev–Trinajstić information content (AvgIpc) is 2.91. The molecule has 0 radical (unpaired) electrons. The summed E-state index contributed by atoms with van der Waals surface area (Å²) in [4.78, 5) is 4.14. The Morgan fingerprint density at radius 3 is 2.61 bits per heavy atom. The van der Waals surface area contributed by atoms with Gasteiger partial charge in [-0.2, -0.15) is 0 Å². The zero-order valence-corrected chi connectivity index (χ0v) is 11.0. The van der Waals surface area contributed by atoms with Crippen molar-refractivity contribution in [3.63, 3.8) is 0 Å². The summed E-state index contributed by atoms with van der Waals surface area (Å²) in [7, 11) is 1.72. The fourth-order valence-corrected chi connectivity index (χ4v) is 2.22. The van der Waals surface area contributed by atoms with E-state index in [1.54, 1.807) is 7.11 Å². The molecule has 3 heteroatoms. The molecule has 0 N–H and O–H groups in total. The van der Waals surface area contributed by atoms with Crippen molar-refractivity contribution < 1.29 is 4.74 Å². The second-order valence-corrected chi connectivity index (χ2v) is 4.49. The maximum atomic E-state index is 5.13. The zero-order chi connectivity index (χ0) is 12.8. The molecule has 1 aromatic carbocycles. The number of hydrogen-bond acceptors (Lipinski definition) is 2. The Bertz CT molecular complexity index is 448. The lowest BCUT2D eigenvalue weighted by atomic mass is 10.0. The van der Waals surface area contributed by atoms with Crippen LogP contribution in [0.15, 0.2) is 43.0 Å². The van der Waals surface area contributed by atoms with Crippen molar-refractivity contribution in [3.8, 4) is 0 Å². The molecule has 1 heterocycles. The van der Waals surface area contributed by atoms with Crippen molar-refractivity contribution in [1.29, 1.82) is 0 Å². The summed E-state index contributed by atoms with van der Waals surface area (Å²) in [5.74, 6) is 0. The minimum absolute atomic E-state index is 0.383. The maximum Gasteiger partial charge on any atom is 0.0951 e. The van der Waals surface area contributed by atoms with E-state index in [9.17, 15) is 0 Å². The van der Waals surface area contributed by atoms with Crippen LogP contribution in [0.2, 0.25) is 0 Å². The molecule has 0 saturated heterocycles. The third kappa shape index (κ3) is 2.99. The van der Waals surface area contributed by atoms with Gasteiger partial charge in [-0.15, -0.1) is 0 Å². The molecule has 0 fully saturated rings. The van der Waals surface area contributed by atoms with Gasteiger partial charge >= 0.3 is 0 Å². The number of ether oxygens (including phenoxy) is 1. The minimum atomic E-state index is 0.383. The lowest BCUT2D eigenvalue weighted by Gasteiger charge is -2.18. The van der Waals surface area contributed by atoms with Crippen molar-refractivity contribution >= 4 is 0 Å². The topological polar surface area (TPSA) is 27.1 Å². The van der Waals surface area contributed by atoms with E-state index in [4.69, 9.17) is 4.74 Å². The van der Waals surface area contributed by atoms with Crippen LogP contribution >= 0.6 is 0 Å². The molecule has 96 valence electrons. The lowest BCUT2D eigenvalue weighted by molar-refractivity contribution is 0.185. The molecule has 2 rings (SSSR count). The minimum Gasteiger partial charge on any atom is -0.380 e. The smallest absolute Gasteiger partial charge is 0.0951 e. The van der Waals surface area contributed by atoms with Gasteiger partial charge in [0.2, 0.25) is 0 Å². The summed E-state index contributed by atoms with van der Waals surface area (Å²) in [6.07, 6.45) is 8.04. The van der Waals surface area contributed by atoms with Crippen molar-refractivity contribution in [2.24, 2.45) is 0 Å². The molecular weight excluding hydrogens is 224 g/mol. The number of benzene rings is 1. The largest absolute Gasteiger partial charge is 0.380 e. The predicted molar refractivity (Wildman–Crippen MR) is 72.4 cm³/mol. The van der Waals surface area contributed by atoms with E-state index in [2.05, 4.69) is 40.7 Å². The molecule has 0 saturated carbocycles. The number of hydrogen-bond donors (Lipinski definition) is 0. The van der Waals surface area contributed by atoms with Gasteiger partial charge in [0.15, 0.2) is 0 Å². The fraction of sp³-hybridized carbons (Fsp3) is 0.400. The highest BCUT2D eigenvalue weighted by molar-refractivity contribution is 5.25. The summed E-state index contributed by atoms with van der Waals surface area (Å²) >= 11 is 0. The van der Waals surface area contributed by atoms with Gasteiger partial charge in [0, 0.05) is 19.5 Å². The van der Waals surface area contributed by atoms with Crippen molar-refractivity contribution in [3.05, 3.63) is 54.1 Å². The van der Waals surface area contributed by atoms with E-state index < -0.39 is 0 Å². The zero-order valence-electron chi connectivity index (χ0n) is 11.0. The van der Waals surface area contributed by atoms with Gasteiger partial charge < -0.3 is 9.30 Å². The summed E-state index contributed by atoms with van der Waals surface area (Å²) in [5.41, 5.74) is 2.54. The van der Waals surface area contributed by atoms with E-state index in [1.165, 1.54) is 11.1 Å². The summed E-state index contributed by atoms with van der Waals surface area (Å²) in [5, 5.41) is 0. The van der Waals surface area contributed by atoms with E-state index in [1.807, 2.05) is 18.7 Å². The van der Waals surface area contributed by atoms with Crippen LogP contribution in [0.25, 0.3) is 0 Å². The van der Waals surface area contributed by atoms with E-state index in [-0.39, 0.29) is 0 Å². The molecule has 3 nitrogen and oxygen atoms in total. The number of methoxy groups -OCH3 is 1. The van der Waals surface area contributed by atoms with E-state index in [0.29, 0.717) is 12.6 Å². The first-order chi connectivity index (χ1) is 8.85. The highest BCUT2D eigenvalue weighted by Crippen LogP contribution is 2.23. The summed E-state index contributed by atoms with van der Waals surface area (Å²) < 4.78 is 7.31. The SMILES string of the molecule is CCCC(c1ccc(COC)cc1)n1ccnc1. The van der Waals surface area contributed by atoms with Crippen LogP contribution in [-0.2, 0) is 11.3 Å². The van der Waals surface area contributed by atoms with Gasteiger partial charge in [-0.3, -0.25) is 0 Å². The quantitative estimate of drug-likeness (QED) is 0.778. The molecule has 0 bridgehead atoms. The highest BCUT2D eigenvalue weighted by atomic mass is 16.5. The van der Waals surface area contributed by atoms with Crippen LogP contribution in [-0.4, -0.2) is 16.7 Å².